The third-order valence-electron chi connectivity index (χ3n) is 2.79. The van der Waals surface area contributed by atoms with Gasteiger partial charge >= 0.3 is 0 Å². The molecule has 106 valence electrons. The summed E-state index contributed by atoms with van der Waals surface area (Å²) >= 11 is 3.26. The fraction of sp³-hybridized carbons (Fsp3) is 0.286. The molecule has 5 nitrogen and oxygen atoms in total. The van der Waals surface area contributed by atoms with Gasteiger partial charge in [0.05, 0.1) is 11.9 Å². The second-order valence-corrected chi connectivity index (χ2v) is 5.18. The monoisotopic (exact) mass is 337 g/mol. The molecule has 1 aromatic carbocycles. The first-order valence-corrected chi connectivity index (χ1v) is 7.02. The summed E-state index contributed by atoms with van der Waals surface area (Å²) < 4.78 is 7.35. The second kappa shape index (κ2) is 6.56. The molecule has 2 aromatic rings. The summed E-state index contributed by atoms with van der Waals surface area (Å²) in [4.78, 5) is 11.7. The molecule has 1 N–H and O–H groups in total. The van der Waals surface area contributed by atoms with Crippen LogP contribution in [0.2, 0.25) is 0 Å². The maximum absolute atomic E-state index is 11.7. The number of ether oxygens (including phenoxy) is 1. The van der Waals surface area contributed by atoms with Crippen LogP contribution in [0.1, 0.15) is 5.56 Å². The quantitative estimate of drug-likeness (QED) is 0.851. The number of aryl methyl sites for hydroxylation is 2. The standard InChI is InChI=1S/C14H16BrN3O2/c1-10-3-5-11(6-4-10)20-8-7-16-12-9-17-18(2)14(19)13(12)15/h3-6,9,16H,7-8H2,1-2H3. The Bertz CT molecular complexity index is 638. The number of halogens is 1. The molecule has 0 aliphatic heterocycles. The Balaban J connectivity index is 1.86. The van der Waals surface area contributed by atoms with Crippen molar-refractivity contribution in [3.63, 3.8) is 0 Å². The van der Waals surface area contributed by atoms with Crippen molar-refractivity contribution < 1.29 is 4.74 Å². The van der Waals surface area contributed by atoms with Gasteiger partial charge in [-0.1, -0.05) is 17.7 Å². The van der Waals surface area contributed by atoms with E-state index in [0.29, 0.717) is 23.3 Å². The first-order chi connectivity index (χ1) is 9.58. The second-order valence-electron chi connectivity index (χ2n) is 4.39. The maximum atomic E-state index is 11.7. The number of aromatic nitrogens is 2. The third-order valence-corrected chi connectivity index (χ3v) is 3.55. The van der Waals surface area contributed by atoms with Gasteiger partial charge in [-0.2, -0.15) is 5.10 Å². The molecule has 0 radical (unpaired) electrons. The lowest BCUT2D eigenvalue weighted by Crippen LogP contribution is -2.22. The minimum absolute atomic E-state index is 0.172. The molecule has 0 aliphatic carbocycles. The van der Waals surface area contributed by atoms with Gasteiger partial charge in [0, 0.05) is 13.6 Å². The van der Waals surface area contributed by atoms with Crippen molar-refractivity contribution in [2.45, 2.75) is 6.92 Å². The van der Waals surface area contributed by atoms with Crippen molar-refractivity contribution in [1.82, 2.24) is 9.78 Å². The molecule has 0 unspecified atom stereocenters. The van der Waals surface area contributed by atoms with E-state index in [2.05, 4.69) is 26.3 Å². The molecule has 20 heavy (non-hydrogen) atoms. The van der Waals surface area contributed by atoms with E-state index in [1.165, 1.54) is 10.2 Å². The summed E-state index contributed by atoms with van der Waals surface area (Å²) in [7, 11) is 1.61. The average molecular weight is 338 g/mol. The van der Waals surface area contributed by atoms with Gasteiger partial charge in [0.15, 0.2) is 0 Å². The molecule has 0 fully saturated rings. The lowest BCUT2D eigenvalue weighted by molar-refractivity contribution is 0.333. The zero-order chi connectivity index (χ0) is 14.5. The minimum atomic E-state index is -0.172. The molecular weight excluding hydrogens is 322 g/mol. The molecule has 2 rings (SSSR count). The van der Waals surface area contributed by atoms with Gasteiger partial charge in [0.1, 0.15) is 16.8 Å². The number of hydrogen-bond donors (Lipinski definition) is 1. The highest BCUT2D eigenvalue weighted by atomic mass is 79.9. The van der Waals surface area contributed by atoms with Crippen LogP contribution in [0.25, 0.3) is 0 Å². The molecule has 0 bridgehead atoms. The smallest absolute Gasteiger partial charge is 0.282 e. The molecule has 0 amide bonds. The molecule has 1 aromatic heterocycles. The van der Waals surface area contributed by atoms with E-state index in [4.69, 9.17) is 4.74 Å². The molecule has 0 saturated heterocycles. The summed E-state index contributed by atoms with van der Waals surface area (Å²) in [6, 6.07) is 7.88. The first-order valence-electron chi connectivity index (χ1n) is 6.23. The van der Waals surface area contributed by atoms with E-state index in [9.17, 15) is 4.79 Å². The molecule has 0 saturated carbocycles. The lowest BCUT2D eigenvalue weighted by Gasteiger charge is -2.10. The van der Waals surface area contributed by atoms with Gasteiger partial charge in [0.2, 0.25) is 0 Å². The number of anilines is 1. The van der Waals surface area contributed by atoms with Crippen molar-refractivity contribution in [3.05, 3.63) is 50.9 Å². The zero-order valence-electron chi connectivity index (χ0n) is 11.4. The summed E-state index contributed by atoms with van der Waals surface area (Å²) in [6.07, 6.45) is 1.61. The largest absolute Gasteiger partial charge is 0.492 e. The van der Waals surface area contributed by atoms with Gasteiger partial charge in [-0.3, -0.25) is 4.79 Å². The van der Waals surface area contributed by atoms with Gasteiger partial charge in [-0.05, 0) is 35.0 Å². The molecule has 0 aliphatic rings. The Labute approximate surface area is 125 Å². The van der Waals surface area contributed by atoms with Crippen LogP contribution in [0.15, 0.2) is 39.7 Å². The van der Waals surface area contributed by atoms with E-state index in [-0.39, 0.29) is 5.56 Å². The van der Waals surface area contributed by atoms with Gasteiger partial charge in [-0.15, -0.1) is 0 Å². The summed E-state index contributed by atoms with van der Waals surface area (Å²) in [6.45, 7) is 3.12. The van der Waals surface area contributed by atoms with Crippen LogP contribution < -0.4 is 15.6 Å². The molecule has 0 spiro atoms. The first kappa shape index (κ1) is 14.6. The SMILES string of the molecule is Cc1ccc(OCCNc2cnn(C)c(=O)c2Br)cc1. The Morgan fingerprint density at radius 1 is 1.35 bits per heavy atom. The van der Waals surface area contributed by atoms with Gasteiger partial charge < -0.3 is 10.1 Å². The maximum Gasteiger partial charge on any atom is 0.282 e. The number of benzene rings is 1. The zero-order valence-corrected chi connectivity index (χ0v) is 13.0. The summed E-state index contributed by atoms with van der Waals surface area (Å²) in [5.74, 6) is 0.832. The Kier molecular flexibility index (Phi) is 4.79. The van der Waals surface area contributed by atoms with Crippen molar-refractivity contribution in [3.8, 4) is 5.75 Å². The van der Waals surface area contributed by atoms with Crippen LogP contribution in [0, 0.1) is 6.92 Å². The average Bonchev–Trinajstić information content (AvgIpc) is 2.45. The highest BCUT2D eigenvalue weighted by molar-refractivity contribution is 9.10. The number of rotatable bonds is 5. The van der Waals surface area contributed by atoms with Crippen LogP contribution in [0.4, 0.5) is 5.69 Å². The van der Waals surface area contributed by atoms with E-state index >= 15 is 0 Å². The van der Waals surface area contributed by atoms with Gasteiger partial charge in [-0.25, -0.2) is 4.68 Å². The Morgan fingerprint density at radius 2 is 2.05 bits per heavy atom. The molecule has 0 atom stereocenters. The number of nitrogens with one attached hydrogen (secondary N) is 1. The van der Waals surface area contributed by atoms with Crippen molar-refractivity contribution in [2.75, 3.05) is 18.5 Å². The highest BCUT2D eigenvalue weighted by Gasteiger charge is 2.05. The predicted octanol–water partition coefficient (Wildman–Crippen LogP) is 2.34. The van der Waals surface area contributed by atoms with Crippen LogP contribution in [-0.2, 0) is 7.05 Å². The van der Waals surface area contributed by atoms with Crippen LogP contribution >= 0.6 is 15.9 Å². The predicted molar refractivity (Wildman–Crippen MR) is 82.3 cm³/mol. The molecule has 1 heterocycles. The number of nitrogens with zero attached hydrogens (tertiary/aromatic N) is 2. The van der Waals surface area contributed by atoms with Crippen LogP contribution in [-0.4, -0.2) is 22.9 Å². The van der Waals surface area contributed by atoms with E-state index in [1.807, 2.05) is 31.2 Å². The Morgan fingerprint density at radius 3 is 2.75 bits per heavy atom. The van der Waals surface area contributed by atoms with E-state index < -0.39 is 0 Å². The van der Waals surface area contributed by atoms with E-state index in [0.717, 1.165) is 5.75 Å². The lowest BCUT2D eigenvalue weighted by atomic mass is 10.2. The molecular formula is C14H16BrN3O2. The topological polar surface area (TPSA) is 56.1 Å². The Hall–Kier alpha value is -1.82. The van der Waals surface area contributed by atoms with E-state index in [1.54, 1.807) is 13.2 Å². The van der Waals surface area contributed by atoms with Crippen LogP contribution in [0.3, 0.4) is 0 Å². The normalized spacial score (nSPS) is 10.3. The van der Waals surface area contributed by atoms with Crippen molar-refractivity contribution >= 4 is 21.6 Å². The molecule has 6 heteroatoms. The number of hydrogen-bond acceptors (Lipinski definition) is 4. The fourth-order valence-electron chi connectivity index (χ4n) is 1.62. The minimum Gasteiger partial charge on any atom is -0.492 e. The summed E-state index contributed by atoms with van der Waals surface area (Å²) in [5, 5.41) is 7.07. The fourth-order valence-corrected chi connectivity index (χ4v) is 2.12. The highest BCUT2D eigenvalue weighted by Crippen LogP contribution is 2.15. The van der Waals surface area contributed by atoms with Crippen molar-refractivity contribution in [1.29, 1.82) is 0 Å². The third kappa shape index (κ3) is 3.60. The van der Waals surface area contributed by atoms with Crippen LogP contribution in [0.5, 0.6) is 5.75 Å². The summed E-state index contributed by atoms with van der Waals surface area (Å²) in [5.41, 5.74) is 1.70. The van der Waals surface area contributed by atoms with Gasteiger partial charge in [0.25, 0.3) is 5.56 Å². The van der Waals surface area contributed by atoms with Crippen molar-refractivity contribution in [2.24, 2.45) is 7.05 Å².